The summed E-state index contributed by atoms with van der Waals surface area (Å²) in [4.78, 5) is 0. The molecule has 0 atom stereocenters. The largest absolute Gasteiger partial charge is 0.418 e. The van der Waals surface area contributed by atoms with Gasteiger partial charge in [-0.1, -0.05) is 21.1 Å². The minimum absolute atomic E-state index is 0.0435. The summed E-state index contributed by atoms with van der Waals surface area (Å²) in [7, 11) is 0. The first-order valence-corrected chi connectivity index (χ1v) is 6.21. The zero-order chi connectivity index (χ0) is 13.9. The van der Waals surface area contributed by atoms with Crippen molar-refractivity contribution >= 4 is 21.6 Å². The summed E-state index contributed by atoms with van der Waals surface area (Å²) >= 11 is 3.16. The highest BCUT2D eigenvalue weighted by Gasteiger charge is 2.33. The highest BCUT2D eigenvalue weighted by atomic mass is 79.9. The normalized spacial score (nSPS) is 11.6. The van der Waals surface area contributed by atoms with Crippen molar-refractivity contribution in [3.63, 3.8) is 0 Å². The molecule has 0 aliphatic carbocycles. The second-order valence-corrected chi connectivity index (χ2v) is 4.70. The van der Waals surface area contributed by atoms with Crippen molar-refractivity contribution in [3.8, 4) is 0 Å². The average molecular weight is 335 g/mol. The highest BCUT2D eigenvalue weighted by molar-refractivity contribution is 9.10. The second-order valence-electron chi connectivity index (χ2n) is 3.78. The van der Waals surface area contributed by atoms with Crippen LogP contribution in [0.3, 0.4) is 0 Å². The Morgan fingerprint density at radius 1 is 1.32 bits per heavy atom. The molecule has 0 saturated carbocycles. The first-order chi connectivity index (χ1) is 8.97. The maximum Gasteiger partial charge on any atom is 0.418 e. The van der Waals surface area contributed by atoms with Crippen molar-refractivity contribution in [2.45, 2.75) is 12.7 Å². The van der Waals surface area contributed by atoms with Crippen LogP contribution in [0.1, 0.15) is 5.56 Å². The van der Waals surface area contributed by atoms with E-state index in [4.69, 9.17) is 0 Å². The van der Waals surface area contributed by atoms with Crippen LogP contribution in [0.4, 0.5) is 18.9 Å². The van der Waals surface area contributed by atoms with Crippen molar-refractivity contribution in [2.75, 3.05) is 11.9 Å². The average Bonchev–Trinajstić information content (AvgIpc) is 2.80. The van der Waals surface area contributed by atoms with Gasteiger partial charge in [0.2, 0.25) is 0 Å². The number of rotatable bonds is 4. The molecule has 1 N–H and O–H groups in total. The number of halogens is 4. The second kappa shape index (κ2) is 5.60. The van der Waals surface area contributed by atoms with Crippen LogP contribution in [0.25, 0.3) is 0 Å². The van der Waals surface area contributed by atoms with Crippen LogP contribution in [-0.2, 0) is 12.7 Å². The quantitative estimate of drug-likeness (QED) is 0.933. The molecular formula is C11H10BrF3N4. The molecule has 2 rings (SSSR count). The lowest BCUT2D eigenvalue weighted by molar-refractivity contribution is -0.137. The standard InChI is InChI=1S/C11H10BrF3N4/c12-8-1-2-9(11(13,14)15)10(7-8)16-3-5-19-6-4-17-18-19/h1-2,4,6-7,16H,3,5H2. The van der Waals surface area contributed by atoms with Gasteiger partial charge in [-0.2, -0.15) is 13.2 Å². The number of hydrogen-bond acceptors (Lipinski definition) is 3. The van der Waals surface area contributed by atoms with E-state index < -0.39 is 11.7 Å². The first-order valence-electron chi connectivity index (χ1n) is 5.41. The molecule has 0 aliphatic rings. The minimum atomic E-state index is -4.38. The predicted molar refractivity (Wildman–Crippen MR) is 67.7 cm³/mol. The SMILES string of the molecule is FC(F)(F)c1ccc(Br)cc1NCCn1ccnn1. The van der Waals surface area contributed by atoms with Crippen LogP contribution in [0.5, 0.6) is 0 Å². The Bertz CT molecular complexity index is 539. The van der Waals surface area contributed by atoms with E-state index in [1.165, 1.54) is 23.0 Å². The van der Waals surface area contributed by atoms with Gasteiger partial charge in [-0.3, -0.25) is 4.68 Å². The lowest BCUT2D eigenvalue weighted by atomic mass is 10.1. The third-order valence-electron chi connectivity index (χ3n) is 2.42. The number of nitrogens with one attached hydrogen (secondary N) is 1. The number of aromatic nitrogens is 3. The number of nitrogens with zero attached hydrogens (tertiary/aromatic N) is 3. The number of alkyl halides is 3. The Morgan fingerprint density at radius 3 is 2.74 bits per heavy atom. The Labute approximate surface area is 115 Å². The van der Waals surface area contributed by atoms with E-state index in [0.29, 0.717) is 17.6 Å². The van der Waals surface area contributed by atoms with Gasteiger partial charge in [-0.25, -0.2) is 0 Å². The summed E-state index contributed by atoms with van der Waals surface area (Å²) in [6.07, 6.45) is -1.22. The number of hydrogen-bond donors (Lipinski definition) is 1. The van der Waals surface area contributed by atoms with Gasteiger partial charge in [-0.15, -0.1) is 5.10 Å². The summed E-state index contributed by atoms with van der Waals surface area (Å²) in [5.41, 5.74) is -0.642. The molecule has 0 unspecified atom stereocenters. The van der Waals surface area contributed by atoms with E-state index in [9.17, 15) is 13.2 Å². The van der Waals surface area contributed by atoms with Crippen LogP contribution in [0.15, 0.2) is 35.1 Å². The summed E-state index contributed by atoms with van der Waals surface area (Å²) in [6, 6.07) is 3.82. The van der Waals surface area contributed by atoms with Gasteiger partial charge < -0.3 is 5.32 Å². The third-order valence-corrected chi connectivity index (χ3v) is 2.91. The fourth-order valence-corrected chi connectivity index (χ4v) is 1.93. The van der Waals surface area contributed by atoms with Crippen LogP contribution < -0.4 is 5.32 Å². The molecule has 1 aromatic carbocycles. The summed E-state index contributed by atoms with van der Waals surface area (Å²) < 4.78 is 40.5. The summed E-state index contributed by atoms with van der Waals surface area (Å²) in [6.45, 7) is 0.757. The number of benzene rings is 1. The van der Waals surface area contributed by atoms with E-state index in [-0.39, 0.29) is 5.69 Å². The third kappa shape index (κ3) is 3.69. The van der Waals surface area contributed by atoms with Gasteiger partial charge in [0.15, 0.2) is 0 Å². The van der Waals surface area contributed by atoms with E-state index in [1.807, 2.05) is 0 Å². The molecule has 0 amide bonds. The van der Waals surface area contributed by atoms with Crippen LogP contribution in [-0.4, -0.2) is 21.5 Å². The van der Waals surface area contributed by atoms with Crippen molar-refractivity contribution < 1.29 is 13.2 Å². The minimum Gasteiger partial charge on any atom is -0.383 e. The van der Waals surface area contributed by atoms with Gasteiger partial charge in [-0.05, 0) is 18.2 Å². The molecule has 0 aliphatic heterocycles. The Kier molecular flexibility index (Phi) is 4.08. The predicted octanol–water partition coefficient (Wildman–Crippen LogP) is 3.17. The molecule has 0 radical (unpaired) electrons. The summed E-state index contributed by atoms with van der Waals surface area (Å²) in [5, 5.41) is 10.1. The van der Waals surface area contributed by atoms with Crippen molar-refractivity contribution in [2.24, 2.45) is 0 Å². The molecule has 1 heterocycles. The van der Waals surface area contributed by atoms with Crippen molar-refractivity contribution in [1.29, 1.82) is 0 Å². The lowest BCUT2D eigenvalue weighted by Crippen LogP contribution is -2.15. The molecular weight excluding hydrogens is 325 g/mol. The Balaban J connectivity index is 2.08. The first kappa shape index (κ1) is 13.9. The fourth-order valence-electron chi connectivity index (χ4n) is 1.57. The lowest BCUT2D eigenvalue weighted by Gasteiger charge is -2.14. The molecule has 102 valence electrons. The van der Waals surface area contributed by atoms with E-state index >= 15 is 0 Å². The van der Waals surface area contributed by atoms with Crippen molar-refractivity contribution in [1.82, 2.24) is 15.0 Å². The van der Waals surface area contributed by atoms with Gasteiger partial charge in [0.05, 0.1) is 18.3 Å². The van der Waals surface area contributed by atoms with Crippen LogP contribution in [0, 0.1) is 0 Å². The molecule has 8 heteroatoms. The molecule has 0 spiro atoms. The Morgan fingerprint density at radius 2 is 2.11 bits per heavy atom. The fraction of sp³-hybridized carbons (Fsp3) is 0.273. The van der Waals surface area contributed by atoms with E-state index in [2.05, 4.69) is 31.6 Å². The molecule has 0 saturated heterocycles. The van der Waals surface area contributed by atoms with Crippen LogP contribution >= 0.6 is 15.9 Å². The molecule has 1 aromatic heterocycles. The van der Waals surface area contributed by atoms with E-state index in [0.717, 1.165) is 6.07 Å². The molecule has 19 heavy (non-hydrogen) atoms. The smallest absolute Gasteiger partial charge is 0.383 e. The highest BCUT2D eigenvalue weighted by Crippen LogP contribution is 2.36. The zero-order valence-corrected chi connectivity index (χ0v) is 11.2. The van der Waals surface area contributed by atoms with Crippen molar-refractivity contribution in [3.05, 3.63) is 40.6 Å². The number of anilines is 1. The maximum atomic E-state index is 12.8. The van der Waals surface area contributed by atoms with Crippen LogP contribution in [0.2, 0.25) is 0 Å². The molecule has 2 aromatic rings. The Hall–Kier alpha value is -1.57. The molecule has 0 fully saturated rings. The van der Waals surface area contributed by atoms with Gasteiger partial charge in [0.1, 0.15) is 0 Å². The maximum absolute atomic E-state index is 12.8. The zero-order valence-electron chi connectivity index (χ0n) is 9.65. The van der Waals surface area contributed by atoms with E-state index in [1.54, 1.807) is 6.20 Å². The summed E-state index contributed by atoms with van der Waals surface area (Å²) in [5.74, 6) is 0. The topological polar surface area (TPSA) is 42.7 Å². The van der Waals surface area contributed by atoms with Gasteiger partial charge in [0.25, 0.3) is 0 Å². The van der Waals surface area contributed by atoms with Gasteiger partial charge in [0, 0.05) is 22.9 Å². The molecule has 4 nitrogen and oxygen atoms in total. The monoisotopic (exact) mass is 334 g/mol. The molecule has 0 bridgehead atoms. The van der Waals surface area contributed by atoms with Gasteiger partial charge >= 0.3 is 6.18 Å².